The topological polar surface area (TPSA) is 105 Å². The fourth-order valence-electron chi connectivity index (χ4n) is 5.23. The number of aliphatic hydroxyl groups is 1. The number of rotatable bonds is 7. The van der Waals surface area contributed by atoms with Crippen LogP contribution in [-0.4, -0.2) is 76.3 Å². The molecule has 39 heavy (non-hydrogen) atoms. The van der Waals surface area contributed by atoms with Crippen LogP contribution in [0.3, 0.4) is 0 Å². The van der Waals surface area contributed by atoms with Gasteiger partial charge in [0.15, 0.2) is 0 Å². The van der Waals surface area contributed by atoms with Crippen molar-refractivity contribution < 1.29 is 19.9 Å². The van der Waals surface area contributed by atoms with Crippen molar-refractivity contribution in [3.8, 4) is 11.8 Å². The Kier molecular flexibility index (Phi) is 11.5. The lowest BCUT2D eigenvalue weighted by molar-refractivity contribution is -0.133. The Morgan fingerprint density at radius 2 is 1.49 bits per heavy atom. The largest absolute Gasteiger partial charge is 0.391 e. The highest BCUT2D eigenvalue weighted by Crippen LogP contribution is 2.22. The number of amides is 2. The van der Waals surface area contributed by atoms with Crippen LogP contribution in [-0.2, 0) is 11.3 Å². The Balaban J connectivity index is 0.00000420. The summed E-state index contributed by atoms with van der Waals surface area (Å²) < 4.78 is 0. The van der Waals surface area contributed by atoms with Gasteiger partial charge in [-0.2, -0.15) is 0 Å². The first-order valence-corrected chi connectivity index (χ1v) is 13.5. The second-order valence-corrected chi connectivity index (χ2v) is 10.3. The van der Waals surface area contributed by atoms with Crippen LogP contribution in [0.5, 0.6) is 0 Å². The zero-order chi connectivity index (χ0) is 26.9. The van der Waals surface area contributed by atoms with E-state index >= 15 is 0 Å². The van der Waals surface area contributed by atoms with Gasteiger partial charge in [0.05, 0.1) is 6.10 Å². The molecule has 0 unspecified atom stereocenters. The predicted molar refractivity (Wildman–Crippen MR) is 152 cm³/mol. The van der Waals surface area contributed by atoms with Gasteiger partial charge in [-0.05, 0) is 101 Å². The minimum Gasteiger partial charge on any atom is -0.391 e. The second kappa shape index (κ2) is 14.8. The third-order valence-electron chi connectivity index (χ3n) is 7.48. The van der Waals surface area contributed by atoms with E-state index in [1.165, 1.54) is 63.2 Å². The molecular formula is C31H42N4O4. The van der Waals surface area contributed by atoms with Crippen molar-refractivity contribution in [1.82, 2.24) is 20.6 Å². The van der Waals surface area contributed by atoms with E-state index in [4.69, 9.17) is 5.21 Å². The van der Waals surface area contributed by atoms with E-state index in [-0.39, 0.29) is 7.43 Å². The summed E-state index contributed by atoms with van der Waals surface area (Å²) in [6, 6.07) is 14.6. The lowest BCUT2D eigenvalue weighted by Gasteiger charge is -2.40. The predicted octanol–water partition coefficient (Wildman–Crippen LogP) is 3.16. The van der Waals surface area contributed by atoms with Gasteiger partial charge in [-0.15, -0.1) is 0 Å². The molecule has 0 saturated carbocycles. The summed E-state index contributed by atoms with van der Waals surface area (Å²) in [6.07, 6.45) is 5.47. The fraction of sp³-hybridized carbons (Fsp3) is 0.484. The Hall–Kier alpha value is -3.22. The molecule has 2 aliphatic heterocycles. The molecule has 0 aliphatic carbocycles. The first-order chi connectivity index (χ1) is 18.4. The molecule has 2 atom stereocenters. The molecule has 0 bridgehead atoms. The minimum absolute atomic E-state index is 0. The molecule has 0 aromatic heterocycles. The lowest BCUT2D eigenvalue weighted by Crippen LogP contribution is -2.51. The number of carbonyl (C=O) groups excluding carboxylic acids is 2. The highest BCUT2D eigenvalue weighted by atomic mass is 16.5. The van der Waals surface area contributed by atoms with Gasteiger partial charge in [0.1, 0.15) is 6.04 Å². The number of aliphatic hydroxyl groups excluding tert-OH is 1. The van der Waals surface area contributed by atoms with Crippen molar-refractivity contribution in [3.63, 3.8) is 0 Å². The normalized spacial score (nSPS) is 18.1. The first-order valence-electron chi connectivity index (χ1n) is 13.5. The SMILES string of the molecule is C.C[C@@H](O)[C@H](NC(=O)c1ccc(C#Cc2ccc(CN3CCC(N4CCCCC4)CC3)cc2)cc1)C(=O)NO. The van der Waals surface area contributed by atoms with Crippen molar-refractivity contribution in [1.29, 1.82) is 0 Å². The number of piperidine rings is 2. The average Bonchev–Trinajstić information content (AvgIpc) is 2.96. The van der Waals surface area contributed by atoms with Crippen LogP contribution in [0.1, 0.15) is 73.5 Å². The fourth-order valence-corrected chi connectivity index (χ4v) is 5.23. The zero-order valence-corrected chi connectivity index (χ0v) is 22.0. The van der Waals surface area contributed by atoms with E-state index < -0.39 is 24.0 Å². The third kappa shape index (κ3) is 8.64. The van der Waals surface area contributed by atoms with Crippen LogP contribution in [0.25, 0.3) is 0 Å². The van der Waals surface area contributed by atoms with Gasteiger partial charge in [-0.1, -0.05) is 37.8 Å². The molecule has 8 nitrogen and oxygen atoms in total. The Morgan fingerprint density at radius 3 is 2.03 bits per heavy atom. The number of nitrogens with zero attached hydrogens (tertiary/aromatic N) is 2. The van der Waals surface area contributed by atoms with E-state index in [1.54, 1.807) is 24.3 Å². The Bertz CT molecular complexity index is 1120. The maximum atomic E-state index is 12.4. The van der Waals surface area contributed by atoms with Crippen LogP contribution >= 0.6 is 0 Å². The van der Waals surface area contributed by atoms with Crippen molar-refractivity contribution >= 4 is 11.8 Å². The Labute approximate surface area is 232 Å². The van der Waals surface area contributed by atoms with Crippen LogP contribution in [0.4, 0.5) is 0 Å². The maximum Gasteiger partial charge on any atom is 0.268 e. The van der Waals surface area contributed by atoms with Gasteiger partial charge in [-0.25, -0.2) is 5.48 Å². The summed E-state index contributed by atoms with van der Waals surface area (Å²) >= 11 is 0. The summed E-state index contributed by atoms with van der Waals surface area (Å²) in [5.41, 5.74) is 4.74. The highest BCUT2D eigenvalue weighted by molar-refractivity contribution is 5.97. The van der Waals surface area contributed by atoms with Crippen LogP contribution in [0, 0.1) is 11.8 Å². The number of hydrogen-bond acceptors (Lipinski definition) is 6. The molecule has 2 saturated heterocycles. The summed E-state index contributed by atoms with van der Waals surface area (Å²) in [4.78, 5) is 29.3. The highest BCUT2D eigenvalue weighted by Gasteiger charge is 2.26. The molecule has 0 spiro atoms. The van der Waals surface area contributed by atoms with Crippen LogP contribution < -0.4 is 10.8 Å². The van der Waals surface area contributed by atoms with Gasteiger partial charge < -0.3 is 15.3 Å². The maximum absolute atomic E-state index is 12.4. The number of hydroxylamine groups is 1. The summed E-state index contributed by atoms with van der Waals surface area (Å²) in [5, 5.41) is 20.9. The molecule has 210 valence electrons. The number of carbonyl (C=O) groups is 2. The molecule has 2 fully saturated rings. The van der Waals surface area contributed by atoms with Crippen molar-refractivity contribution in [2.24, 2.45) is 0 Å². The molecule has 4 rings (SSSR count). The van der Waals surface area contributed by atoms with Crippen molar-refractivity contribution in [3.05, 3.63) is 70.8 Å². The van der Waals surface area contributed by atoms with Gasteiger partial charge in [0.25, 0.3) is 11.8 Å². The quantitative estimate of drug-likeness (QED) is 0.247. The number of hydrogen-bond donors (Lipinski definition) is 4. The standard InChI is InChI=1S/C30H38N4O4.CH4/c1-22(35)28(30(37)32-38)31-29(36)26-13-11-24(12-14-26)6-5-23-7-9-25(10-8-23)21-33-19-15-27(16-20-33)34-17-3-2-4-18-34;/h7-14,22,27-28,35,38H,2-4,15-21H2,1H3,(H,31,36)(H,32,37);1H4/t22-,28+;/m1./s1. The molecule has 2 amide bonds. The number of likely N-dealkylation sites (tertiary alicyclic amines) is 2. The van der Waals surface area contributed by atoms with Crippen LogP contribution in [0.2, 0.25) is 0 Å². The van der Waals surface area contributed by atoms with Crippen molar-refractivity contribution in [2.75, 3.05) is 26.2 Å². The lowest BCUT2D eigenvalue weighted by atomic mass is 9.99. The van der Waals surface area contributed by atoms with Gasteiger partial charge in [-0.3, -0.25) is 19.7 Å². The summed E-state index contributed by atoms with van der Waals surface area (Å²) in [6.45, 7) is 7.20. The monoisotopic (exact) mass is 534 g/mol. The van der Waals surface area contributed by atoms with Crippen molar-refractivity contribution in [2.45, 2.75) is 71.2 Å². The number of benzene rings is 2. The van der Waals surface area contributed by atoms with E-state index in [0.717, 1.165) is 36.8 Å². The molecule has 2 aliphatic rings. The van der Waals surface area contributed by atoms with E-state index in [2.05, 4.69) is 39.1 Å². The molecule has 2 heterocycles. The molecule has 2 aromatic carbocycles. The van der Waals surface area contributed by atoms with E-state index in [9.17, 15) is 14.7 Å². The molecular weight excluding hydrogens is 492 g/mol. The van der Waals surface area contributed by atoms with Crippen LogP contribution in [0.15, 0.2) is 48.5 Å². The van der Waals surface area contributed by atoms with E-state index in [0.29, 0.717) is 5.56 Å². The van der Waals surface area contributed by atoms with Gasteiger partial charge >= 0.3 is 0 Å². The summed E-state index contributed by atoms with van der Waals surface area (Å²) in [5.74, 6) is 4.86. The molecule has 8 heteroatoms. The Morgan fingerprint density at radius 1 is 0.923 bits per heavy atom. The molecule has 4 N–H and O–H groups in total. The molecule has 0 radical (unpaired) electrons. The van der Waals surface area contributed by atoms with Gasteiger partial charge in [0, 0.05) is 29.3 Å². The average molecular weight is 535 g/mol. The van der Waals surface area contributed by atoms with Gasteiger partial charge in [0.2, 0.25) is 0 Å². The summed E-state index contributed by atoms with van der Waals surface area (Å²) in [7, 11) is 0. The molecule has 2 aromatic rings. The zero-order valence-electron chi connectivity index (χ0n) is 22.0. The third-order valence-corrected chi connectivity index (χ3v) is 7.48. The smallest absolute Gasteiger partial charge is 0.268 e. The van der Waals surface area contributed by atoms with E-state index in [1.807, 2.05) is 12.1 Å². The second-order valence-electron chi connectivity index (χ2n) is 10.3. The first kappa shape index (κ1) is 30.3. The minimum atomic E-state index is -1.26. The number of nitrogens with one attached hydrogen (secondary N) is 2.